The third-order valence-electron chi connectivity index (χ3n) is 3.81. The predicted molar refractivity (Wildman–Crippen MR) is 93.8 cm³/mol. The molecule has 2 atom stereocenters. The molecule has 0 aliphatic carbocycles. The van der Waals surface area contributed by atoms with E-state index >= 15 is 0 Å². The smallest absolute Gasteiger partial charge is 0.314 e. The monoisotopic (exact) mass is 328 g/mol. The second-order valence-electron chi connectivity index (χ2n) is 5.36. The molecule has 0 heterocycles. The lowest BCUT2D eigenvalue weighted by molar-refractivity contribution is 0.0986. The number of ether oxygens (including phenoxy) is 2. The first kappa shape index (κ1) is 18.0. The van der Waals surface area contributed by atoms with Crippen LogP contribution in [0.2, 0.25) is 0 Å². The standard InChI is InChI=1S/C19H24N2O3/c1-23-17(15-9-5-3-6-10-15)13-20-19(22)21-14-18(24-2)16-11-7-4-8-12-16/h3-12,17-18H,13-14H2,1-2H3,(H2,20,21,22). The molecule has 0 bridgehead atoms. The van der Waals surface area contributed by atoms with Crippen molar-refractivity contribution < 1.29 is 14.3 Å². The van der Waals surface area contributed by atoms with Crippen LogP contribution in [0.4, 0.5) is 4.79 Å². The number of hydrogen-bond acceptors (Lipinski definition) is 3. The highest BCUT2D eigenvalue weighted by atomic mass is 16.5. The minimum atomic E-state index is -0.244. The average molecular weight is 328 g/mol. The Morgan fingerprint density at radius 2 is 1.17 bits per heavy atom. The number of urea groups is 1. The van der Waals surface area contributed by atoms with Crippen molar-refractivity contribution in [1.82, 2.24) is 10.6 Å². The molecule has 2 unspecified atom stereocenters. The van der Waals surface area contributed by atoms with Crippen molar-refractivity contribution in [2.45, 2.75) is 12.2 Å². The van der Waals surface area contributed by atoms with Crippen molar-refractivity contribution >= 4 is 6.03 Å². The molecule has 128 valence electrons. The van der Waals surface area contributed by atoms with Crippen LogP contribution in [0.1, 0.15) is 23.3 Å². The molecule has 5 heteroatoms. The second-order valence-corrected chi connectivity index (χ2v) is 5.36. The quantitative estimate of drug-likeness (QED) is 0.783. The van der Waals surface area contributed by atoms with Crippen LogP contribution in [0, 0.1) is 0 Å². The minimum Gasteiger partial charge on any atom is -0.375 e. The van der Waals surface area contributed by atoms with E-state index in [2.05, 4.69) is 10.6 Å². The van der Waals surface area contributed by atoms with Crippen LogP contribution in [0.25, 0.3) is 0 Å². The Hall–Kier alpha value is -2.37. The van der Waals surface area contributed by atoms with Gasteiger partial charge < -0.3 is 20.1 Å². The Morgan fingerprint density at radius 3 is 1.50 bits per heavy atom. The van der Waals surface area contributed by atoms with Gasteiger partial charge in [0.2, 0.25) is 0 Å². The molecule has 2 aromatic carbocycles. The van der Waals surface area contributed by atoms with Crippen molar-refractivity contribution in [2.75, 3.05) is 27.3 Å². The molecular weight excluding hydrogens is 304 g/mol. The third kappa shape index (κ3) is 5.37. The van der Waals surface area contributed by atoms with Gasteiger partial charge in [-0.3, -0.25) is 0 Å². The normalized spacial score (nSPS) is 13.1. The molecule has 0 radical (unpaired) electrons. The van der Waals surface area contributed by atoms with Gasteiger partial charge in [-0.15, -0.1) is 0 Å². The summed E-state index contributed by atoms with van der Waals surface area (Å²) >= 11 is 0. The molecule has 0 saturated heterocycles. The first-order valence-electron chi connectivity index (χ1n) is 7.91. The summed E-state index contributed by atoms with van der Waals surface area (Å²) in [6, 6.07) is 19.4. The largest absolute Gasteiger partial charge is 0.375 e. The highest BCUT2D eigenvalue weighted by Crippen LogP contribution is 2.16. The summed E-state index contributed by atoms with van der Waals surface area (Å²) in [7, 11) is 3.27. The molecular formula is C19H24N2O3. The Morgan fingerprint density at radius 1 is 0.792 bits per heavy atom. The van der Waals surface area contributed by atoms with Crippen LogP contribution in [0.3, 0.4) is 0 Å². The van der Waals surface area contributed by atoms with E-state index < -0.39 is 0 Å². The Labute approximate surface area is 143 Å². The summed E-state index contributed by atoms with van der Waals surface area (Å²) in [5.74, 6) is 0. The van der Waals surface area contributed by atoms with Gasteiger partial charge in [-0.1, -0.05) is 60.7 Å². The Balaban J connectivity index is 1.80. The molecule has 2 rings (SSSR count). The van der Waals surface area contributed by atoms with Crippen molar-refractivity contribution in [2.24, 2.45) is 0 Å². The van der Waals surface area contributed by atoms with E-state index in [1.165, 1.54) is 0 Å². The summed E-state index contributed by atoms with van der Waals surface area (Å²) in [5.41, 5.74) is 2.05. The number of carbonyl (C=O) groups excluding carboxylic acids is 1. The highest BCUT2D eigenvalue weighted by molar-refractivity contribution is 5.73. The van der Waals surface area contributed by atoms with E-state index in [4.69, 9.17) is 9.47 Å². The SMILES string of the molecule is COC(CNC(=O)NCC(OC)c1ccccc1)c1ccccc1. The average Bonchev–Trinajstić information content (AvgIpc) is 2.64. The zero-order valence-corrected chi connectivity index (χ0v) is 14.1. The summed E-state index contributed by atoms with van der Waals surface area (Å²) in [5, 5.41) is 5.66. The van der Waals surface area contributed by atoms with Gasteiger partial charge >= 0.3 is 6.03 Å². The molecule has 0 spiro atoms. The lowest BCUT2D eigenvalue weighted by Crippen LogP contribution is -2.40. The van der Waals surface area contributed by atoms with Crippen molar-refractivity contribution in [1.29, 1.82) is 0 Å². The number of nitrogens with one attached hydrogen (secondary N) is 2. The lowest BCUT2D eigenvalue weighted by Gasteiger charge is -2.19. The van der Waals surface area contributed by atoms with Gasteiger partial charge in [0.1, 0.15) is 0 Å². The maximum atomic E-state index is 12.0. The maximum absolute atomic E-state index is 12.0. The van der Waals surface area contributed by atoms with Gasteiger partial charge in [-0.05, 0) is 11.1 Å². The summed E-state index contributed by atoms with van der Waals surface area (Å²) in [6.45, 7) is 0.796. The van der Waals surface area contributed by atoms with Crippen LogP contribution >= 0.6 is 0 Å². The molecule has 2 aromatic rings. The third-order valence-corrected chi connectivity index (χ3v) is 3.81. The van der Waals surface area contributed by atoms with Gasteiger partial charge in [0.05, 0.1) is 12.2 Å². The molecule has 0 aliphatic rings. The van der Waals surface area contributed by atoms with Gasteiger partial charge in [0.15, 0.2) is 0 Å². The van der Waals surface area contributed by atoms with E-state index in [0.29, 0.717) is 13.1 Å². The van der Waals surface area contributed by atoms with E-state index in [1.807, 2.05) is 60.7 Å². The van der Waals surface area contributed by atoms with E-state index in [0.717, 1.165) is 11.1 Å². The lowest BCUT2D eigenvalue weighted by atomic mass is 10.1. The molecule has 0 aliphatic heterocycles. The Bertz CT molecular complexity index is 551. The zero-order chi connectivity index (χ0) is 17.2. The topological polar surface area (TPSA) is 59.6 Å². The molecule has 0 fully saturated rings. The van der Waals surface area contributed by atoms with Crippen molar-refractivity contribution in [3.05, 3.63) is 71.8 Å². The summed E-state index contributed by atoms with van der Waals surface area (Å²) in [4.78, 5) is 12.0. The highest BCUT2D eigenvalue weighted by Gasteiger charge is 2.14. The molecule has 0 saturated carbocycles. The number of amides is 2. The van der Waals surface area contributed by atoms with Gasteiger partial charge in [-0.2, -0.15) is 0 Å². The van der Waals surface area contributed by atoms with Crippen LogP contribution in [0.15, 0.2) is 60.7 Å². The maximum Gasteiger partial charge on any atom is 0.314 e. The summed E-state index contributed by atoms with van der Waals surface area (Å²) in [6.07, 6.45) is -0.353. The first-order valence-corrected chi connectivity index (χ1v) is 7.91. The number of carbonyl (C=O) groups is 1. The van der Waals surface area contributed by atoms with Crippen molar-refractivity contribution in [3.8, 4) is 0 Å². The second kappa shape index (κ2) is 9.70. The van der Waals surface area contributed by atoms with Crippen molar-refractivity contribution in [3.63, 3.8) is 0 Å². The van der Waals surface area contributed by atoms with Gasteiger partial charge in [-0.25, -0.2) is 4.79 Å². The number of benzene rings is 2. The predicted octanol–water partition coefficient (Wildman–Crippen LogP) is 3.06. The minimum absolute atomic E-state index is 0.177. The van der Waals surface area contributed by atoms with Gasteiger partial charge in [0, 0.05) is 27.3 Å². The zero-order valence-electron chi connectivity index (χ0n) is 14.1. The van der Waals surface area contributed by atoms with E-state index in [1.54, 1.807) is 14.2 Å². The molecule has 2 N–H and O–H groups in total. The first-order chi connectivity index (χ1) is 11.7. The molecule has 0 aromatic heterocycles. The van der Waals surface area contributed by atoms with Crippen LogP contribution < -0.4 is 10.6 Å². The number of rotatable bonds is 8. The van der Waals surface area contributed by atoms with Crippen LogP contribution in [-0.2, 0) is 9.47 Å². The number of hydrogen-bond donors (Lipinski definition) is 2. The van der Waals surface area contributed by atoms with Crippen LogP contribution in [-0.4, -0.2) is 33.3 Å². The van der Waals surface area contributed by atoms with Gasteiger partial charge in [0.25, 0.3) is 0 Å². The molecule has 2 amide bonds. The number of methoxy groups -OCH3 is 2. The van der Waals surface area contributed by atoms with Crippen LogP contribution in [0.5, 0.6) is 0 Å². The fraction of sp³-hybridized carbons (Fsp3) is 0.316. The fourth-order valence-corrected chi connectivity index (χ4v) is 2.44. The van der Waals surface area contributed by atoms with E-state index in [9.17, 15) is 4.79 Å². The fourth-order valence-electron chi connectivity index (χ4n) is 2.44. The van der Waals surface area contributed by atoms with E-state index in [-0.39, 0.29) is 18.2 Å². The molecule has 24 heavy (non-hydrogen) atoms. The Kier molecular flexibility index (Phi) is 7.26. The molecule has 5 nitrogen and oxygen atoms in total. The summed E-state index contributed by atoms with van der Waals surface area (Å²) < 4.78 is 10.9.